The molecular formula is C28H50N4O21. The van der Waals surface area contributed by atoms with Crippen LogP contribution in [0.2, 0.25) is 0 Å². The molecule has 0 aromatic rings. The molecule has 3 aliphatic heterocycles. The fraction of sp³-hybridized carbons (Fsp3) is 0.857. The predicted octanol–water partition coefficient (Wildman–Crippen LogP) is -9.46. The van der Waals surface area contributed by atoms with Gasteiger partial charge in [0.05, 0.1) is 33.0 Å². The minimum Gasteiger partial charge on any atom is -0.480 e. The van der Waals surface area contributed by atoms with Crippen molar-refractivity contribution in [2.45, 2.75) is 118 Å². The molecule has 0 bridgehead atoms. The van der Waals surface area contributed by atoms with Crippen LogP contribution in [0.5, 0.6) is 0 Å². The summed E-state index contributed by atoms with van der Waals surface area (Å²) in [6.07, 6.45) is -19.3. The van der Waals surface area contributed by atoms with Crippen molar-refractivity contribution < 1.29 is 104 Å². The van der Waals surface area contributed by atoms with Crippen LogP contribution in [0.1, 0.15) is 13.8 Å². The normalized spacial score (nSPS) is 38.4. The zero-order valence-corrected chi connectivity index (χ0v) is 28.5. The summed E-state index contributed by atoms with van der Waals surface area (Å²) >= 11 is 0. The lowest BCUT2D eigenvalue weighted by molar-refractivity contribution is -0.344. The molecule has 17 N–H and O–H groups in total. The maximum absolute atomic E-state index is 11.7. The van der Waals surface area contributed by atoms with Gasteiger partial charge in [0.25, 0.3) is 0 Å². The van der Waals surface area contributed by atoms with Crippen molar-refractivity contribution in [1.82, 2.24) is 10.6 Å². The van der Waals surface area contributed by atoms with Crippen molar-refractivity contribution in [3.8, 4) is 0 Å². The molecule has 0 aromatic carbocycles. The number of carbonyl (C=O) groups is 4. The van der Waals surface area contributed by atoms with E-state index >= 15 is 0 Å². The molecule has 25 heteroatoms. The Bertz CT molecular complexity index is 1190. The number of aliphatic hydroxyl groups excluding tert-OH is 9. The zero-order valence-electron chi connectivity index (χ0n) is 28.5. The van der Waals surface area contributed by atoms with E-state index in [2.05, 4.69) is 10.6 Å². The van der Waals surface area contributed by atoms with Crippen LogP contribution in [0.15, 0.2) is 0 Å². The number of aliphatic carboxylic acids is 2. The van der Waals surface area contributed by atoms with Gasteiger partial charge in [-0.05, 0) is 0 Å². The van der Waals surface area contributed by atoms with Gasteiger partial charge in [-0.1, -0.05) is 0 Å². The molecule has 8 unspecified atom stereocenters. The quantitative estimate of drug-likeness (QED) is 0.0733. The first-order chi connectivity index (χ1) is 24.8. The van der Waals surface area contributed by atoms with Crippen molar-refractivity contribution in [2.24, 2.45) is 11.5 Å². The summed E-state index contributed by atoms with van der Waals surface area (Å²) in [6, 6.07) is -5.19. The van der Waals surface area contributed by atoms with E-state index in [-0.39, 0.29) is 0 Å². The van der Waals surface area contributed by atoms with Crippen molar-refractivity contribution in [3.63, 3.8) is 0 Å². The summed E-state index contributed by atoms with van der Waals surface area (Å²) in [5.74, 6) is -3.79. The topological polar surface area (TPSA) is 422 Å². The highest BCUT2D eigenvalue weighted by atomic mass is 16.7. The summed E-state index contributed by atoms with van der Waals surface area (Å²) in [5, 5.41) is 111. The molecule has 0 saturated carbocycles. The van der Waals surface area contributed by atoms with Gasteiger partial charge in [-0.3, -0.25) is 19.2 Å². The van der Waals surface area contributed by atoms with E-state index in [0.29, 0.717) is 0 Å². The second-order valence-corrected chi connectivity index (χ2v) is 12.2. The first-order valence-corrected chi connectivity index (χ1v) is 16.1. The van der Waals surface area contributed by atoms with Crippen LogP contribution < -0.4 is 22.1 Å². The highest BCUT2D eigenvalue weighted by Crippen LogP contribution is 2.30. The summed E-state index contributed by atoms with van der Waals surface area (Å²) in [6.45, 7) is -0.710. The van der Waals surface area contributed by atoms with E-state index in [4.69, 9.17) is 55.2 Å². The smallest absolute Gasteiger partial charge is 0.322 e. The summed E-state index contributed by atoms with van der Waals surface area (Å²) < 4.78 is 32.0. The summed E-state index contributed by atoms with van der Waals surface area (Å²) in [4.78, 5) is 44.4. The Morgan fingerprint density at radius 1 is 0.585 bits per heavy atom. The van der Waals surface area contributed by atoms with Crippen LogP contribution >= 0.6 is 0 Å². The summed E-state index contributed by atoms with van der Waals surface area (Å²) in [7, 11) is 0. The van der Waals surface area contributed by atoms with Gasteiger partial charge < -0.3 is 107 Å². The van der Waals surface area contributed by atoms with Crippen molar-refractivity contribution in [2.75, 3.05) is 33.0 Å². The molecule has 2 amide bonds. The largest absolute Gasteiger partial charge is 0.480 e. The van der Waals surface area contributed by atoms with E-state index in [9.17, 15) is 60.0 Å². The second kappa shape index (κ2) is 21.3. The lowest BCUT2D eigenvalue weighted by atomic mass is 9.95. The molecular weight excluding hydrogens is 728 g/mol. The van der Waals surface area contributed by atoms with E-state index in [1.165, 1.54) is 6.92 Å². The molecule has 3 heterocycles. The molecule has 53 heavy (non-hydrogen) atoms. The Balaban J connectivity index is 0.000000401. The molecule has 0 aromatic heterocycles. The van der Waals surface area contributed by atoms with E-state index in [0.717, 1.165) is 6.92 Å². The number of nitrogens with two attached hydrogens (primary N) is 2. The lowest BCUT2D eigenvalue weighted by Gasteiger charge is -2.47. The van der Waals surface area contributed by atoms with Gasteiger partial charge in [0.2, 0.25) is 11.8 Å². The molecule has 3 saturated heterocycles. The fourth-order valence-electron chi connectivity index (χ4n) is 5.25. The highest BCUT2D eigenvalue weighted by Gasteiger charge is 2.52. The predicted molar refractivity (Wildman–Crippen MR) is 166 cm³/mol. The minimum absolute atomic E-state index is 0.433. The van der Waals surface area contributed by atoms with Gasteiger partial charge in [0.15, 0.2) is 18.9 Å². The van der Waals surface area contributed by atoms with Crippen LogP contribution in [0.3, 0.4) is 0 Å². The molecule has 3 aliphatic rings. The van der Waals surface area contributed by atoms with Gasteiger partial charge in [-0.25, -0.2) is 0 Å². The molecule has 3 rings (SSSR count). The second-order valence-electron chi connectivity index (χ2n) is 12.2. The number of carboxylic acid groups (broad SMARTS) is 2. The number of aliphatic hydroxyl groups is 9. The van der Waals surface area contributed by atoms with Gasteiger partial charge in [-0.2, -0.15) is 0 Å². The Hall–Kier alpha value is -2.80. The maximum atomic E-state index is 11.7. The van der Waals surface area contributed by atoms with Gasteiger partial charge in [0, 0.05) is 13.8 Å². The first-order valence-electron chi connectivity index (χ1n) is 16.1. The lowest BCUT2D eigenvalue weighted by Crippen LogP contribution is -2.68. The van der Waals surface area contributed by atoms with Crippen LogP contribution in [0, 0.1) is 0 Å². The Labute approximate surface area is 300 Å². The molecule has 0 spiro atoms. The van der Waals surface area contributed by atoms with Crippen molar-refractivity contribution >= 4 is 23.8 Å². The maximum Gasteiger partial charge on any atom is 0.322 e. The number of nitrogens with one attached hydrogen (secondary N) is 2. The molecule has 0 aliphatic carbocycles. The number of carbonyl (C=O) groups excluding carboxylic acids is 2. The average molecular weight is 779 g/mol. The van der Waals surface area contributed by atoms with Crippen LogP contribution in [0.4, 0.5) is 0 Å². The number of ether oxygens (including phenoxy) is 6. The third-order valence-corrected chi connectivity index (χ3v) is 8.13. The monoisotopic (exact) mass is 778 g/mol. The molecule has 3 fully saturated rings. The van der Waals surface area contributed by atoms with E-state index in [1.807, 2.05) is 0 Å². The van der Waals surface area contributed by atoms with Crippen molar-refractivity contribution in [3.05, 3.63) is 0 Å². The average Bonchev–Trinajstić information content (AvgIpc) is 3.10. The molecule has 17 atom stereocenters. The minimum atomic E-state index is -1.81. The van der Waals surface area contributed by atoms with Crippen LogP contribution in [0.25, 0.3) is 0 Å². The van der Waals surface area contributed by atoms with Crippen LogP contribution in [-0.2, 0) is 47.6 Å². The van der Waals surface area contributed by atoms with E-state index in [1.54, 1.807) is 0 Å². The highest BCUT2D eigenvalue weighted by molar-refractivity contribution is 5.74. The fourth-order valence-corrected chi connectivity index (χ4v) is 5.25. The first kappa shape index (κ1) is 46.4. The SMILES string of the molecule is CC(=O)N[C@@H]1[C@@H](OCC(N)C(=O)O)OC(CO)C(O)[C@H]1O.CC(=O)N[C@@H]1[C@@H](OCC(N)C(=O)O)OC(CO)C(O)[C@H]1O[C@@H]1OC(CO)C(O)[C@@H](O)[C@@H]1O. The summed E-state index contributed by atoms with van der Waals surface area (Å²) in [5.41, 5.74) is 10.7. The Kier molecular flexibility index (Phi) is 18.7. The Morgan fingerprint density at radius 2 is 0.962 bits per heavy atom. The molecule has 25 nitrogen and oxygen atoms in total. The van der Waals surface area contributed by atoms with Gasteiger partial charge in [0.1, 0.15) is 85.2 Å². The number of rotatable bonds is 15. The van der Waals surface area contributed by atoms with E-state index < -0.39 is 161 Å². The number of hydrogen-bond donors (Lipinski definition) is 15. The molecule has 0 radical (unpaired) electrons. The van der Waals surface area contributed by atoms with Crippen molar-refractivity contribution in [1.29, 1.82) is 0 Å². The number of carboxylic acids is 2. The van der Waals surface area contributed by atoms with Crippen LogP contribution in [-0.4, -0.2) is 217 Å². The third kappa shape index (κ3) is 12.6. The standard InChI is InChI=1S/C17H30N2O13.C11H20N2O8/c1-5(22)19-9-14(32-17-13(26)12(25)10(23)7(2-20)31-17)11(24)8(3-21)30-16(9)29-4-6(18)15(27)28;1-4(15)13-7-9(17)8(16)6(2-14)21-11(7)20-3-5(12)10(18)19/h6-14,16-17,20-21,23-26H,2-4,18H2,1H3,(H,19,22)(H,27,28);5-9,11,14,16-17H,2-3,12H2,1H3,(H,13,15)(H,18,19)/t6?,7?,8?,9-,10?,11?,12+,13-,14-,16-,17-;5?,6?,7-,8?,9-,11-/m00/s1. The third-order valence-electron chi connectivity index (χ3n) is 8.13. The number of hydrogen-bond acceptors (Lipinski definition) is 21. The van der Waals surface area contributed by atoms with Gasteiger partial charge >= 0.3 is 11.9 Å². The number of amides is 2. The Morgan fingerprint density at radius 3 is 1.38 bits per heavy atom. The van der Waals surface area contributed by atoms with Gasteiger partial charge in [-0.15, -0.1) is 0 Å². The molecule has 308 valence electrons. The zero-order chi connectivity index (χ0) is 40.3.